The lowest BCUT2D eigenvalue weighted by molar-refractivity contribution is 0.0698. The first-order valence-corrected chi connectivity index (χ1v) is 9.70. The predicted octanol–water partition coefficient (Wildman–Crippen LogP) is 4.48. The van der Waals surface area contributed by atoms with Gasteiger partial charge in [0.1, 0.15) is 21.8 Å². The Morgan fingerprint density at radius 1 is 1.18 bits per heavy atom. The van der Waals surface area contributed by atoms with E-state index in [1.165, 1.54) is 12.1 Å². The summed E-state index contributed by atoms with van der Waals surface area (Å²) in [6.07, 6.45) is 4.47. The average molecular weight is 452 g/mol. The smallest absolute Gasteiger partial charge is 0.342 e. The molecule has 0 amide bonds. The predicted molar refractivity (Wildman–Crippen MR) is 102 cm³/mol. The number of hydrogen-bond donors (Lipinski definition) is 2. The van der Waals surface area contributed by atoms with Gasteiger partial charge in [-0.2, -0.15) is 9.61 Å². The molecule has 2 heterocycles. The number of rotatable bonds is 3. The molecule has 1 aliphatic rings. The fourth-order valence-corrected chi connectivity index (χ4v) is 4.40. The summed E-state index contributed by atoms with van der Waals surface area (Å²) >= 11 is 3.01. The number of nitrogens with one attached hydrogen (secondary N) is 1. The van der Waals surface area contributed by atoms with Crippen molar-refractivity contribution >= 4 is 27.5 Å². The van der Waals surface area contributed by atoms with Gasteiger partial charge in [0.05, 0.1) is 5.69 Å². The maximum absolute atomic E-state index is 14.8. The van der Waals surface area contributed by atoms with E-state index in [0.717, 1.165) is 42.7 Å². The van der Waals surface area contributed by atoms with Gasteiger partial charge >= 0.3 is 5.97 Å². The van der Waals surface area contributed by atoms with Gasteiger partial charge in [-0.3, -0.25) is 4.79 Å². The SMILES string of the molecule is O=C(O)c1c(Br)nn2c(=O)cc(-c3cc(F)c(C4CCCCC4)c(F)c3)[nH]c12. The number of aromatic nitrogens is 3. The number of aromatic carboxylic acids is 1. The summed E-state index contributed by atoms with van der Waals surface area (Å²) in [4.78, 5) is 26.5. The Balaban J connectivity index is 1.85. The molecule has 1 saturated carbocycles. The molecule has 1 fully saturated rings. The number of carboxylic acid groups (broad SMARTS) is 1. The van der Waals surface area contributed by atoms with E-state index >= 15 is 0 Å². The molecule has 0 aliphatic heterocycles. The molecule has 0 bridgehead atoms. The van der Waals surface area contributed by atoms with Crippen molar-refractivity contribution in [1.82, 2.24) is 14.6 Å². The van der Waals surface area contributed by atoms with Crippen LogP contribution < -0.4 is 5.56 Å². The highest BCUT2D eigenvalue weighted by atomic mass is 79.9. The van der Waals surface area contributed by atoms with Crippen LogP contribution in [0.3, 0.4) is 0 Å². The lowest BCUT2D eigenvalue weighted by atomic mass is 9.83. The molecular formula is C19H16BrF2N3O3. The second-order valence-electron chi connectivity index (χ2n) is 6.94. The summed E-state index contributed by atoms with van der Waals surface area (Å²) in [5, 5.41) is 13.2. The van der Waals surface area contributed by atoms with Gasteiger partial charge in [-0.15, -0.1) is 0 Å². The Bertz CT molecular complexity index is 1130. The third-order valence-electron chi connectivity index (χ3n) is 5.19. The minimum Gasteiger partial charge on any atom is -0.477 e. The fourth-order valence-electron chi connectivity index (χ4n) is 3.88. The van der Waals surface area contributed by atoms with Gasteiger partial charge in [-0.05, 0) is 46.8 Å². The van der Waals surface area contributed by atoms with Crippen LogP contribution in [0.5, 0.6) is 0 Å². The number of hydrogen-bond acceptors (Lipinski definition) is 3. The van der Waals surface area contributed by atoms with Crippen LogP contribution in [0, 0.1) is 11.6 Å². The van der Waals surface area contributed by atoms with Gasteiger partial charge in [0.15, 0.2) is 5.65 Å². The summed E-state index contributed by atoms with van der Waals surface area (Å²) in [7, 11) is 0. The van der Waals surface area contributed by atoms with Crippen molar-refractivity contribution in [1.29, 1.82) is 0 Å². The standard InChI is InChI=1S/C19H16BrF2N3O3/c20-17-16(19(27)28)18-23-13(8-14(26)25(18)24-17)10-6-11(21)15(12(22)7-10)9-4-2-1-3-5-9/h6-9,23H,1-5H2,(H,27,28). The van der Waals surface area contributed by atoms with Crippen molar-refractivity contribution in [3.63, 3.8) is 0 Å². The summed E-state index contributed by atoms with van der Waals surface area (Å²) < 4.78 is 30.4. The number of aromatic amines is 1. The van der Waals surface area contributed by atoms with Crippen molar-refractivity contribution in [3.8, 4) is 11.3 Å². The van der Waals surface area contributed by atoms with E-state index in [1.54, 1.807) is 0 Å². The maximum atomic E-state index is 14.8. The van der Waals surface area contributed by atoms with Crippen molar-refractivity contribution in [2.24, 2.45) is 0 Å². The zero-order valence-corrected chi connectivity index (χ0v) is 16.2. The number of carbonyl (C=O) groups is 1. The molecule has 1 aromatic carbocycles. The topological polar surface area (TPSA) is 87.5 Å². The molecule has 0 unspecified atom stereocenters. The van der Waals surface area contributed by atoms with Gasteiger partial charge < -0.3 is 10.1 Å². The van der Waals surface area contributed by atoms with Crippen LogP contribution >= 0.6 is 15.9 Å². The largest absolute Gasteiger partial charge is 0.477 e. The van der Waals surface area contributed by atoms with Crippen LogP contribution in [0.2, 0.25) is 0 Å². The number of halogens is 3. The number of carboxylic acids is 1. The van der Waals surface area contributed by atoms with Gasteiger partial charge in [-0.25, -0.2) is 13.6 Å². The molecule has 1 aliphatic carbocycles. The minimum absolute atomic E-state index is 0.0180. The molecule has 146 valence electrons. The van der Waals surface area contributed by atoms with E-state index in [0.29, 0.717) is 0 Å². The Morgan fingerprint density at radius 3 is 2.43 bits per heavy atom. The Kier molecular flexibility index (Phi) is 4.78. The lowest BCUT2D eigenvalue weighted by Gasteiger charge is -2.23. The van der Waals surface area contributed by atoms with Crippen molar-refractivity contribution in [3.05, 3.63) is 55.9 Å². The summed E-state index contributed by atoms with van der Waals surface area (Å²) in [6.45, 7) is 0. The van der Waals surface area contributed by atoms with E-state index < -0.39 is 23.2 Å². The highest BCUT2D eigenvalue weighted by Gasteiger charge is 2.24. The molecule has 2 N–H and O–H groups in total. The number of benzene rings is 1. The second kappa shape index (κ2) is 7.12. The lowest BCUT2D eigenvalue weighted by Crippen LogP contribution is -2.15. The molecule has 0 saturated heterocycles. The minimum atomic E-state index is -1.29. The average Bonchev–Trinajstić information content (AvgIpc) is 2.98. The number of fused-ring (bicyclic) bond motifs is 1. The monoisotopic (exact) mass is 451 g/mol. The van der Waals surface area contributed by atoms with Gasteiger partial charge in [0.2, 0.25) is 0 Å². The molecule has 6 nitrogen and oxygen atoms in total. The Labute approximate surface area is 166 Å². The second-order valence-corrected chi connectivity index (χ2v) is 7.69. The van der Waals surface area contributed by atoms with Crippen LogP contribution in [-0.2, 0) is 0 Å². The molecule has 0 spiro atoms. The maximum Gasteiger partial charge on any atom is 0.342 e. The molecular weight excluding hydrogens is 436 g/mol. The van der Waals surface area contributed by atoms with E-state index in [4.69, 9.17) is 0 Å². The van der Waals surface area contributed by atoms with Gasteiger partial charge in [-0.1, -0.05) is 19.3 Å². The quantitative estimate of drug-likeness (QED) is 0.614. The Hall–Kier alpha value is -2.55. The van der Waals surface area contributed by atoms with Crippen LogP contribution in [0.4, 0.5) is 8.78 Å². The third kappa shape index (κ3) is 3.13. The highest BCUT2D eigenvalue weighted by Crippen LogP contribution is 2.37. The third-order valence-corrected chi connectivity index (χ3v) is 5.74. The van der Waals surface area contributed by atoms with Crippen LogP contribution in [0.25, 0.3) is 16.9 Å². The van der Waals surface area contributed by atoms with Gasteiger partial charge in [0, 0.05) is 17.2 Å². The molecule has 0 atom stereocenters. The first-order valence-electron chi connectivity index (χ1n) is 8.91. The van der Waals surface area contributed by atoms with Crippen molar-refractivity contribution < 1.29 is 18.7 Å². The summed E-state index contributed by atoms with van der Waals surface area (Å²) in [5.74, 6) is -2.75. The molecule has 9 heteroatoms. The van der Waals surface area contributed by atoms with E-state index in [9.17, 15) is 23.5 Å². The zero-order chi connectivity index (χ0) is 20.0. The van der Waals surface area contributed by atoms with E-state index in [1.807, 2.05) is 0 Å². The number of H-pyrrole nitrogens is 1. The van der Waals surface area contributed by atoms with Crippen molar-refractivity contribution in [2.45, 2.75) is 38.0 Å². The molecule has 4 rings (SSSR count). The summed E-state index contributed by atoms with van der Waals surface area (Å²) in [5.41, 5.74) is -0.597. The fraction of sp³-hybridized carbons (Fsp3) is 0.316. The normalized spacial score (nSPS) is 15.2. The van der Waals surface area contributed by atoms with Crippen LogP contribution in [0.1, 0.15) is 53.9 Å². The first-order chi connectivity index (χ1) is 13.4. The van der Waals surface area contributed by atoms with Crippen LogP contribution in [0.15, 0.2) is 27.6 Å². The number of nitrogens with zero attached hydrogens (tertiary/aromatic N) is 2. The van der Waals surface area contributed by atoms with E-state index in [-0.39, 0.29) is 38.6 Å². The molecule has 2 aromatic heterocycles. The molecule has 0 radical (unpaired) electrons. The summed E-state index contributed by atoms with van der Waals surface area (Å²) in [6, 6.07) is 3.49. The molecule has 3 aromatic rings. The highest BCUT2D eigenvalue weighted by molar-refractivity contribution is 9.10. The van der Waals surface area contributed by atoms with E-state index in [2.05, 4.69) is 26.0 Å². The zero-order valence-electron chi connectivity index (χ0n) is 14.6. The van der Waals surface area contributed by atoms with Gasteiger partial charge in [0.25, 0.3) is 5.56 Å². The Morgan fingerprint density at radius 2 is 1.82 bits per heavy atom. The van der Waals surface area contributed by atoms with Crippen LogP contribution in [-0.4, -0.2) is 25.7 Å². The first kappa shape index (κ1) is 18.8. The van der Waals surface area contributed by atoms with Crippen molar-refractivity contribution in [2.75, 3.05) is 0 Å². The molecule has 28 heavy (non-hydrogen) atoms.